The number of nitrogens with one attached hydrogen (secondary N) is 2. The number of anilines is 1. The molecule has 0 spiro atoms. The van der Waals surface area contributed by atoms with Crippen LogP contribution in [-0.4, -0.2) is 39.6 Å². The van der Waals surface area contributed by atoms with Crippen LogP contribution in [0, 0.1) is 0 Å². The highest BCUT2D eigenvalue weighted by molar-refractivity contribution is 6.01. The monoisotopic (exact) mass is 291 g/mol. The summed E-state index contributed by atoms with van der Waals surface area (Å²) in [5.74, 6) is 0. The van der Waals surface area contributed by atoms with Gasteiger partial charge in [0.25, 0.3) is 0 Å². The molecule has 21 heavy (non-hydrogen) atoms. The molecule has 2 amide bonds. The smallest absolute Gasteiger partial charge is 0.319 e. The number of fused-ring (bicyclic) bond motifs is 1. The van der Waals surface area contributed by atoms with Crippen LogP contribution < -0.4 is 10.6 Å². The molecule has 2 rings (SSSR count). The summed E-state index contributed by atoms with van der Waals surface area (Å²) in [7, 11) is 0. The second-order valence-corrected chi connectivity index (χ2v) is 5.30. The molecule has 1 aromatic heterocycles. The molecule has 2 aromatic rings. The number of rotatable bonds is 5. The highest BCUT2D eigenvalue weighted by atomic mass is 16.3. The van der Waals surface area contributed by atoms with E-state index in [1.165, 1.54) is 0 Å². The SMILES string of the molecule is CCn1cc(NC(=O)NC(C)(CO)CO)c2ccccc21. The standard InChI is InChI=1S/C15H21N3O3/c1-3-18-8-12(11-6-4-5-7-13(11)18)16-14(21)17-15(2,9-19)10-20/h4-8,19-20H,3,9-10H2,1-2H3,(H2,16,17,21). The van der Waals surface area contributed by atoms with Gasteiger partial charge in [-0.25, -0.2) is 4.79 Å². The number of carbonyl (C=O) groups is 1. The van der Waals surface area contributed by atoms with Crippen molar-refractivity contribution in [2.45, 2.75) is 25.9 Å². The molecule has 0 aliphatic rings. The van der Waals surface area contributed by atoms with Crippen LogP contribution in [0.2, 0.25) is 0 Å². The first-order chi connectivity index (χ1) is 10.0. The number of hydrogen-bond donors (Lipinski definition) is 4. The summed E-state index contributed by atoms with van der Waals surface area (Å²) in [4.78, 5) is 12.0. The summed E-state index contributed by atoms with van der Waals surface area (Å²) in [6, 6.07) is 7.34. The summed E-state index contributed by atoms with van der Waals surface area (Å²) >= 11 is 0. The molecule has 0 aliphatic heterocycles. The van der Waals surface area contributed by atoms with E-state index in [2.05, 4.69) is 10.6 Å². The summed E-state index contributed by atoms with van der Waals surface area (Å²) in [6.07, 6.45) is 1.87. The van der Waals surface area contributed by atoms with Crippen molar-refractivity contribution in [3.63, 3.8) is 0 Å². The maximum atomic E-state index is 12.0. The van der Waals surface area contributed by atoms with Crippen molar-refractivity contribution in [1.29, 1.82) is 0 Å². The predicted octanol–water partition coefficient (Wildman–Crippen LogP) is 1.53. The van der Waals surface area contributed by atoms with Crippen molar-refractivity contribution in [1.82, 2.24) is 9.88 Å². The third kappa shape index (κ3) is 3.17. The number of carbonyl (C=O) groups excluding carboxylic acids is 1. The molecule has 114 valence electrons. The molecule has 0 aliphatic carbocycles. The molecule has 4 N–H and O–H groups in total. The molecule has 0 saturated heterocycles. The maximum Gasteiger partial charge on any atom is 0.319 e. The van der Waals surface area contributed by atoms with Crippen molar-refractivity contribution >= 4 is 22.6 Å². The second-order valence-electron chi connectivity index (χ2n) is 5.30. The Bertz CT molecular complexity index is 632. The number of nitrogens with zero attached hydrogens (tertiary/aromatic N) is 1. The van der Waals surface area contributed by atoms with Crippen LogP contribution >= 0.6 is 0 Å². The lowest BCUT2D eigenvalue weighted by Gasteiger charge is -2.26. The summed E-state index contributed by atoms with van der Waals surface area (Å²) in [5.41, 5.74) is 0.693. The van der Waals surface area contributed by atoms with Crippen molar-refractivity contribution < 1.29 is 15.0 Å². The van der Waals surface area contributed by atoms with Crippen molar-refractivity contribution in [2.75, 3.05) is 18.5 Å². The topological polar surface area (TPSA) is 86.5 Å². The van der Waals surface area contributed by atoms with Gasteiger partial charge in [-0.15, -0.1) is 0 Å². The average molecular weight is 291 g/mol. The summed E-state index contributed by atoms with van der Waals surface area (Å²) in [6.45, 7) is 3.73. The minimum atomic E-state index is -1.05. The predicted molar refractivity (Wildman–Crippen MR) is 82.3 cm³/mol. The fraction of sp³-hybridized carbons (Fsp3) is 0.400. The zero-order chi connectivity index (χ0) is 15.5. The molecule has 6 nitrogen and oxygen atoms in total. The van der Waals surface area contributed by atoms with Crippen molar-refractivity contribution in [3.8, 4) is 0 Å². The van der Waals surface area contributed by atoms with Gasteiger partial charge in [0.15, 0.2) is 0 Å². The van der Waals surface area contributed by atoms with Crippen molar-refractivity contribution in [2.24, 2.45) is 0 Å². The number of aromatic nitrogens is 1. The molecule has 0 unspecified atom stereocenters. The lowest BCUT2D eigenvalue weighted by Crippen LogP contribution is -2.53. The lowest BCUT2D eigenvalue weighted by molar-refractivity contribution is 0.111. The number of urea groups is 1. The molecule has 0 atom stereocenters. The van der Waals surface area contributed by atoms with Gasteiger partial charge in [-0.05, 0) is 19.9 Å². The van der Waals surface area contributed by atoms with Gasteiger partial charge in [0.2, 0.25) is 0 Å². The van der Waals surface area contributed by atoms with Gasteiger partial charge in [0, 0.05) is 18.1 Å². The van der Waals surface area contributed by atoms with Gasteiger partial charge in [-0.2, -0.15) is 0 Å². The lowest BCUT2D eigenvalue weighted by atomic mass is 10.1. The zero-order valence-corrected chi connectivity index (χ0v) is 12.3. The minimum Gasteiger partial charge on any atom is -0.394 e. The molecule has 1 aromatic carbocycles. The maximum absolute atomic E-state index is 12.0. The number of aliphatic hydroxyl groups is 2. The largest absolute Gasteiger partial charge is 0.394 e. The number of aliphatic hydroxyl groups excluding tert-OH is 2. The molecule has 0 saturated carbocycles. The van der Waals surface area contributed by atoms with Crippen LogP contribution in [0.1, 0.15) is 13.8 Å². The van der Waals surface area contributed by atoms with Crippen LogP contribution in [0.3, 0.4) is 0 Å². The fourth-order valence-corrected chi connectivity index (χ4v) is 2.16. The van der Waals surface area contributed by atoms with E-state index in [9.17, 15) is 15.0 Å². The molecule has 1 heterocycles. The Kier molecular flexibility index (Phi) is 4.50. The summed E-state index contributed by atoms with van der Waals surface area (Å²) in [5, 5.41) is 24.7. The molecule has 6 heteroatoms. The molecule has 0 radical (unpaired) electrons. The normalized spacial score (nSPS) is 11.6. The van der Waals surface area contributed by atoms with Gasteiger partial charge >= 0.3 is 6.03 Å². The second kappa shape index (κ2) is 6.15. The Balaban J connectivity index is 2.22. The van der Waals surface area contributed by atoms with Gasteiger partial charge in [-0.3, -0.25) is 0 Å². The van der Waals surface area contributed by atoms with Crippen molar-refractivity contribution in [3.05, 3.63) is 30.5 Å². The van der Waals surface area contributed by atoms with E-state index >= 15 is 0 Å². The van der Waals surface area contributed by atoms with Gasteiger partial charge in [0.1, 0.15) is 0 Å². The molecular weight excluding hydrogens is 270 g/mol. The van der Waals surface area contributed by atoms with Crippen LogP contribution in [0.5, 0.6) is 0 Å². The minimum absolute atomic E-state index is 0.340. The molecular formula is C15H21N3O3. The Labute approximate surface area is 123 Å². The quantitative estimate of drug-likeness (QED) is 0.674. The van der Waals surface area contributed by atoms with E-state index in [4.69, 9.17) is 0 Å². The average Bonchev–Trinajstić information content (AvgIpc) is 2.85. The fourth-order valence-electron chi connectivity index (χ4n) is 2.16. The Hall–Kier alpha value is -2.05. The third-order valence-electron chi connectivity index (χ3n) is 3.49. The van der Waals surface area contributed by atoms with E-state index in [1.54, 1.807) is 6.92 Å². The van der Waals surface area contributed by atoms with E-state index in [0.29, 0.717) is 5.69 Å². The van der Waals surface area contributed by atoms with E-state index in [1.807, 2.05) is 42.0 Å². The van der Waals surface area contributed by atoms with E-state index < -0.39 is 11.6 Å². The Morgan fingerprint density at radius 2 is 1.95 bits per heavy atom. The highest BCUT2D eigenvalue weighted by Crippen LogP contribution is 2.25. The number of hydrogen-bond acceptors (Lipinski definition) is 3. The van der Waals surface area contributed by atoms with E-state index in [-0.39, 0.29) is 13.2 Å². The zero-order valence-electron chi connectivity index (χ0n) is 12.3. The first-order valence-corrected chi connectivity index (χ1v) is 6.91. The number of amides is 2. The molecule has 0 bridgehead atoms. The molecule has 0 fully saturated rings. The highest BCUT2D eigenvalue weighted by Gasteiger charge is 2.25. The Morgan fingerprint density at radius 3 is 2.57 bits per heavy atom. The summed E-state index contributed by atoms with van der Waals surface area (Å²) < 4.78 is 2.04. The Morgan fingerprint density at radius 1 is 1.29 bits per heavy atom. The number of aryl methyl sites for hydroxylation is 1. The van der Waals surface area contributed by atoms with E-state index in [0.717, 1.165) is 17.4 Å². The van der Waals surface area contributed by atoms with Gasteiger partial charge in [0.05, 0.1) is 30.0 Å². The van der Waals surface area contributed by atoms with Gasteiger partial charge < -0.3 is 25.4 Å². The number of para-hydroxylation sites is 1. The van der Waals surface area contributed by atoms with Crippen LogP contribution in [0.4, 0.5) is 10.5 Å². The first-order valence-electron chi connectivity index (χ1n) is 6.91. The number of benzene rings is 1. The van der Waals surface area contributed by atoms with Gasteiger partial charge in [-0.1, -0.05) is 18.2 Å². The van der Waals surface area contributed by atoms with Crippen LogP contribution in [-0.2, 0) is 6.54 Å². The van der Waals surface area contributed by atoms with Crippen LogP contribution in [0.15, 0.2) is 30.5 Å². The first kappa shape index (κ1) is 15.3. The van der Waals surface area contributed by atoms with Crippen LogP contribution in [0.25, 0.3) is 10.9 Å². The third-order valence-corrected chi connectivity index (χ3v) is 3.49.